The van der Waals surface area contributed by atoms with Crippen molar-refractivity contribution in [1.82, 2.24) is 9.97 Å². The topological polar surface area (TPSA) is 37.8 Å². The molecule has 0 bridgehead atoms. The maximum atomic E-state index is 12.8. The highest BCUT2D eigenvalue weighted by Crippen LogP contribution is 2.27. The van der Waals surface area contributed by atoms with E-state index in [-0.39, 0.29) is 0 Å². The molecule has 3 nitrogen and oxygen atoms in total. The molecule has 1 N–H and O–H groups in total. The molecule has 0 fully saturated rings. The summed E-state index contributed by atoms with van der Waals surface area (Å²) in [6, 6.07) is 6.12. The number of hydrogen-bond donors (Lipinski definition) is 1. The summed E-state index contributed by atoms with van der Waals surface area (Å²) in [5.41, 5.74) is 0.601. The fourth-order valence-corrected chi connectivity index (χ4v) is 1.59. The molecule has 0 aliphatic rings. The normalized spacial score (nSPS) is 10.2. The number of nitrogens with one attached hydrogen (secondary N) is 1. The molecule has 1 aromatic heterocycles. The van der Waals surface area contributed by atoms with Gasteiger partial charge >= 0.3 is 0 Å². The van der Waals surface area contributed by atoms with Crippen molar-refractivity contribution >= 4 is 34.7 Å². The second-order valence-electron chi connectivity index (χ2n) is 2.98. The van der Waals surface area contributed by atoms with Gasteiger partial charge in [-0.3, -0.25) is 0 Å². The molecule has 16 heavy (non-hydrogen) atoms. The molecule has 2 aromatic rings. The van der Waals surface area contributed by atoms with Gasteiger partial charge in [0.05, 0.1) is 10.7 Å². The average molecular weight is 258 g/mol. The number of anilines is 2. The summed E-state index contributed by atoms with van der Waals surface area (Å²) in [6.07, 6.45) is 1.13. The van der Waals surface area contributed by atoms with Gasteiger partial charge in [-0.2, -0.15) is 4.39 Å². The summed E-state index contributed by atoms with van der Waals surface area (Å²) >= 11 is 11.7. The van der Waals surface area contributed by atoms with Crippen LogP contribution in [0.4, 0.5) is 15.9 Å². The van der Waals surface area contributed by atoms with Crippen molar-refractivity contribution in [1.29, 1.82) is 0 Å². The number of halogens is 3. The number of rotatable bonds is 2. The van der Waals surface area contributed by atoms with Crippen LogP contribution in [0.5, 0.6) is 0 Å². The van der Waals surface area contributed by atoms with Crippen LogP contribution >= 0.6 is 23.2 Å². The minimum absolute atomic E-state index is 0.330. The minimum atomic E-state index is -0.609. The van der Waals surface area contributed by atoms with Crippen LogP contribution in [0.15, 0.2) is 30.6 Å². The van der Waals surface area contributed by atoms with E-state index in [0.717, 1.165) is 6.33 Å². The van der Waals surface area contributed by atoms with E-state index < -0.39 is 5.95 Å². The molecular formula is C10H6Cl2FN3. The van der Waals surface area contributed by atoms with Gasteiger partial charge in [-0.1, -0.05) is 23.2 Å². The predicted octanol–water partition coefficient (Wildman–Crippen LogP) is 3.67. The van der Waals surface area contributed by atoms with E-state index >= 15 is 0 Å². The summed E-state index contributed by atoms with van der Waals surface area (Å²) in [5.74, 6) is -0.278. The number of benzene rings is 1. The largest absolute Gasteiger partial charge is 0.339 e. The Morgan fingerprint density at radius 2 is 1.94 bits per heavy atom. The summed E-state index contributed by atoms with van der Waals surface area (Å²) in [5, 5.41) is 3.83. The van der Waals surface area contributed by atoms with E-state index in [1.165, 1.54) is 6.07 Å². The van der Waals surface area contributed by atoms with E-state index in [1.807, 2.05) is 0 Å². The number of aromatic nitrogens is 2. The summed E-state index contributed by atoms with van der Waals surface area (Å²) in [4.78, 5) is 7.19. The van der Waals surface area contributed by atoms with Gasteiger partial charge in [-0.05, 0) is 18.2 Å². The van der Waals surface area contributed by atoms with E-state index in [1.54, 1.807) is 18.2 Å². The van der Waals surface area contributed by atoms with Crippen LogP contribution in [0.1, 0.15) is 0 Å². The molecule has 0 aliphatic carbocycles. The van der Waals surface area contributed by atoms with Gasteiger partial charge in [0, 0.05) is 11.1 Å². The second kappa shape index (κ2) is 4.63. The maximum Gasteiger partial charge on any atom is 0.218 e. The van der Waals surface area contributed by atoms with Crippen LogP contribution in [-0.2, 0) is 0 Å². The fourth-order valence-electron chi connectivity index (χ4n) is 1.13. The van der Waals surface area contributed by atoms with Gasteiger partial charge in [0.1, 0.15) is 12.1 Å². The Bertz CT molecular complexity index is 519. The van der Waals surface area contributed by atoms with Crippen LogP contribution in [0.3, 0.4) is 0 Å². The summed E-state index contributed by atoms with van der Waals surface area (Å²) in [6.45, 7) is 0. The molecule has 6 heteroatoms. The Balaban J connectivity index is 2.27. The van der Waals surface area contributed by atoms with E-state index in [0.29, 0.717) is 21.6 Å². The molecule has 1 heterocycles. The predicted molar refractivity (Wildman–Crippen MR) is 61.7 cm³/mol. The van der Waals surface area contributed by atoms with Crippen LogP contribution in [-0.4, -0.2) is 9.97 Å². The van der Waals surface area contributed by atoms with Crippen LogP contribution in [0.2, 0.25) is 10.0 Å². The minimum Gasteiger partial charge on any atom is -0.339 e. The van der Waals surface area contributed by atoms with Crippen LogP contribution in [0, 0.1) is 5.95 Å². The zero-order valence-corrected chi connectivity index (χ0v) is 9.43. The lowest BCUT2D eigenvalue weighted by Gasteiger charge is -2.07. The molecular weight excluding hydrogens is 252 g/mol. The molecule has 0 aliphatic heterocycles. The molecule has 0 amide bonds. The van der Waals surface area contributed by atoms with Crippen molar-refractivity contribution in [3.05, 3.63) is 46.6 Å². The van der Waals surface area contributed by atoms with Gasteiger partial charge < -0.3 is 5.32 Å². The fraction of sp³-hybridized carbons (Fsp3) is 0. The van der Waals surface area contributed by atoms with Crippen molar-refractivity contribution in [2.24, 2.45) is 0 Å². The third-order valence-corrected chi connectivity index (χ3v) is 2.38. The quantitative estimate of drug-likeness (QED) is 0.835. The van der Waals surface area contributed by atoms with Gasteiger partial charge in [-0.15, -0.1) is 0 Å². The van der Waals surface area contributed by atoms with Gasteiger partial charge in [0.15, 0.2) is 0 Å². The lowest BCUT2D eigenvalue weighted by Crippen LogP contribution is -1.96. The summed E-state index contributed by atoms with van der Waals surface area (Å²) < 4.78 is 12.8. The highest BCUT2D eigenvalue weighted by atomic mass is 35.5. The molecule has 2 rings (SSSR count). The third kappa shape index (κ3) is 2.59. The molecule has 0 spiro atoms. The summed E-state index contributed by atoms with van der Waals surface area (Å²) in [7, 11) is 0. The maximum absolute atomic E-state index is 12.8. The Kier molecular flexibility index (Phi) is 3.22. The van der Waals surface area contributed by atoms with Crippen LogP contribution in [0.25, 0.3) is 0 Å². The Morgan fingerprint density at radius 1 is 1.12 bits per heavy atom. The number of nitrogens with zero attached hydrogens (tertiary/aromatic N) is 2. The van der Waals surface area contributed by atoms with E-state index in [2.05, 4.69) is 15.3 Å². The number of hydrogen-bond acceptors (Lipinski definition) is 3. The molecule has 82 valence electrons. The van der Waals surface area contributed by atoms with E-state index in [9.17, 15) is 4.39 Å². The Hall–Kier alpha value is -1.39. The SMILES string of the molecule is Fc1cc(Nc2ccc(Cl)cc2Cl)ncn1. The van der Waals surface area contributed by atoms with E-state index in [4.69, 9.17) is 23.2 Å². The first kappa shape index (κ1) is 11.1. The molecule has 0 unspecified atom stereocenters. The second-order valence-corrected chi connectivity index (χ2v) is 3.82. The van der Waals surface area contributed by atoms with Crippen molar-refractivity contribution in [3.8, 4) is 0 Å². The zero-order chi connectivity index (χ0) is 11.5. The highest BCUT2D eigenvalue weighted by Gasteiger charge is 2.03. The first-order chi connectivity index (χ1) is 7.65. The Morgan fingerprint density at radius 3 is 2.62 bits per heavy atom. The zero-order valence-electron chi connectivity index (χ0n) is 7.92. The van der Waals surface area contributed by atoms with Crippen molar-refractivity contribution in [2.45, 2.75) is 0 Å². The standard InChI is InChI=1S/C10H6Cl2FN3/c11-6-1-2-8(7(12)3-6)16-10-4-9(13)14-5-15-10/h1-5H,(H,14,15,16). The first-order valence-corrected chi connectivity index (χ1v) is 5.10. The highest BCUT2D eigenvalue weighted by molar-refractivity contribution is 6.36. The van der Waals surface area contributed by atoms with Gasteiger partial charge in [-0.25, -0.2) is 9.97 Å². The van der Waals surface area contributed by atoms with Gasteiger partial charge in [0.25, 0.3) is 0 Å². The Labute approximate surface area is 101 Å². The van der Waals surface area contributed by atoms with Gasteiger partial charge in [0.2, 0.25) is 5.95 Å². The third-order valence-electron chi connectivity index (χ3n) is 1.83. The molecule has 0 radical (unpaired) electrons. The van der Waals surface area contributed by atoms with Crippen molar-refractivity contribution < 1.29 is 4.39 Å². The molecule has 1 aromatic carbocycles. The molecule has 0 saturated carbocycles. The lowest BCUT2D eigenvalue weighted by molar-refractivity contribution is 0.580. The molecule has 0 saturated heterocycles. The monoisotopic (exact) mass is 257 g/mol. The first-order valence-electron chi connectivity index (χ1n) is 4.35. The average Bonchev–Trinajstić information content (AvgIpc) is 2.22. The van der Waals surface area contributed by atoms with Crippen molar-refractivity contribution in [2.75, 3.05) is 5.32 Å². The molecule has 0 atom stereocenters. The van der Waals surface area contributed by atoms with Crippen LogP contribution < -0.4 is 5.32 Å². The van der Waals surface area contributed by atoms with Crippen molar-refractivity contribution in [3.63, 3.8) is 0 Å². The smallest absolute Gasteiger partial charge is 0.218 e. The lowest BCUT2D eigenvalue weighted by atomic mass is 10.3.